The Hall–Kier alpha value is -1.46. The number of phenolic OH excluding ortho intramolecular Hbond substituents is 1. The number of halogens is 1. The second-order valence-corrected chi connectivity index (χ2v) is 3.79. The zero-order chi connectivity index (χ0) is 13.2. The molecule has 0 amide bonds. The number of ether oxygens (including phenoxy) is 1. The fourth-order valence-corrected chi connectivity index (χ4v) is 1.87. The van der Waals surface area contributed by atoms with E-state index >= 15 is 0 Å². The van der Waals surface area contributed by atoms with Gasteiger partial charge in [0.2, 0.25) is 0 Å². The fourth-order valence-electron chi connectivity index (χ4n) is 1.49. The van der Waals surface area contributed by atoms with Crippen LogP contribution in [-0.2, 0) is 11.2 Å². The lowest BCUT2D eigenvalue weighted by Crippen LogP contribution is -2.12. The number of carboxylic acids is 1. The largest absolute Gasteiger partial charge is 0.504 e. The highest BCUT2D eigenvalue weighted by molar-refractivity contribution is 6.32. The summed E-state index contributed by atoms with van der Waals surface area (Å²) in [5, 5.41) is 28.1. The molecule has 5 nitrogen and oxygen atoms in total. The van der Waals surface area contributed by atoms with Gasteiger partial charge in [-0.1, -0.05) is 18.5 Å². The maximum Gasteiger partial charge on any atom is 0.337 e. The number of rotatable bonds is 4. The summed E-state index contributed by atoms with van der Waals surface area (Å²) in [6.07, 6.45) is -1.36. The van der Waals surface area contributed by atoms with Gasteiger partial charge in [0.05, 0.1) is 17.7 Å². The molecule has 6 heteroatoms. The van der Waals surface area contributed by atoms with E-state index in [4.69, 9.17) is 21.4 Å². The van der Waals surface area contributed by atoms with Crippen LogP contribution >= 0.6 is 11.6 Å². The first-order valence-corrected chi connectivity index (χ1v) is 5.30. The Morgan fingerprint density at radius 1 is 1.59 bits per heavy atom. The first kappa shape index (κ1) is 13.6. The topological polar surface area (TPSA) is 87.0 Å². The van der Waals surface area contributed by atoms with E-state index < -0.39 is 17.8 Å². The molecule has 0 spiro atoms. The summed E-state index contributed by atoms with van der Waals surface area (Å²) >= 11 is 5.94. The maximum absolute atomic E-state index is 10.7. The monoisotopic (exact) mass is 260 g/mol. The molecule has 1 aromatic rings. The number of carbonyl (C=O) groups is 1. The van der Waals surface area contributed by atoms with Crippen molar-refractivity contribution >= 4 is 17.6 Å². The highest BCUT2D eigenvalue weighted by atomic mass is 35.5. The number of aliphatic hydroxyl groups excluding tert-OH is 1. The van der Waals surface area contributed by atoms with Crippen LogP contribution in [0.25, 0.3) is 0 Å². The number of aromatic hydroxyl groups is 1. The van der Waals surface area contributed by atoms with Crippen LogP contribution in [0.15, 0.2) is 6.07 Å². The average molecular weight is 261 g/mol. The van der Waals surface area contributed by atoms with Crippen molar-refractivity contribution in [1.82, 2.24) is 0 Å². The molecule has 17 heavy (non-hydrogen) atoms. The molecule has 0 saturated carbocycles. The molecule has 0 aliphatic heterocycles. The predicted octanol–water partition coefficient (Wildman–Crippen LogP) is 1.73. The van der Waals surface area contributed by atoms with Gasteiger partial charge < -0.3 is 20.1 Å². The van der Waals surface area contributed by atoms with Crippen LogP contribution in [-0.4, -0.2) is 28.4 Å². The number of hydrogen-bond donors (Lipinski definition) is 3. The second kappa shape index (κ2) is 5.25. The summed E-state index contributed by atoms with van der Waals surface area (Å²) in [4.78, 5) is 10.7. The average Bonchev–Trinajstić information content (AvgIpc) is 2.29. The number of benzene rings is 1. The summed E-state index contributed by atoms with van der Waals surface area (Å²) < 4.78 is 4.90. The van der Waals surface area contributed by atoms with Crippen LogP contribution in [0.5, 0.6) is 11.5 Å². The van der Waals surface area contributed by atoms with Gasteiger partial charge in [0.1, 0.15) is 0 Å². The van der Waals surface area contributed by atoms with Crippen LogP contribution in [0.4, 0.5) is 0 Å². The van der Waals surface area contributed by atoms with Gasteiger partial charge in [-0.3, -0.25) is 0 Å². The molecule has 94 valence electrons. The van der Waals surface area contributed by atoms with Crippen molar-refractivity contribution < 1.29 is 24.9 Å². The molecule has 0 saturated heterocycles. The van der Waals surface area contributed by atoms with E-state index in [0.29, 0.717) is 12.0 Å². The predicted molar refractivity (Wildman–Crippen MR) is 61.6 cm³/mol. The quantitative estimate of drug-likeness (QED) is 0.767. The highest BCUT2D eigenvalue weighted by Gasteiger charge is 2.27. The second-order valence-electron chi connectivity index (χ2n) is 3.41. The molecule has 0 aliphatic carbocycles. The molecular weight excluding hydrogens is 248 g/mol. The van der Waals surface area contributed by atoms with Crippen molar-refractivity contribution in [2.45, 2.75) is 19.4 Å². The minimum Gasteiger partial charge on any atom is -0.504 e. The van der Waals surface area contributed by atoms with E-state index in [1.54, 1.807) is 0 Å². The van der Waals surface area contributed by atoms with Gasteiger partial charge in [-0.25, -0.2) is 4.79 Å². The van der Waals surface area contributed by atoms with Crippen molar-refractivity contribution in [3.63, 3.8) is 0 Å². The summed E-state index contributed by atoms with van der Waals surface area (Å²) in [5.41, 5.74) is 0.354. The molecular formula is C11H13ClO5. The Morgan fingerprint density at radius 3 is 2.59 bits per heavy atom. The minimum absolute atomic E-state index is 0.0423. The Labute approximate surface area is 103 Å². The number of hydrogen-bond acceptors (Lipinski definition) is 4. The summed E-state index contributed by atoms with van der Waals surface area (Å²) in [7, 11) is 1.33. The number of aliphatic hydroxyl groups is 1. The van der Waals surface area contributed by atoms with Gasteiger partial charge in [-0.2, -0.15) is 0 Å². The Kier molecular flexibility index (Phi) is 4.20. The van der Waals surface area contributed by atoms with Crippen LogP contribution in [0.1, 0.15) is 24.2 Å². The first-order chi connectivity index (χ1) is 7.93. The van der Waals surface area contributed by atoms with E-state index in [-0.39, 0.29) is 16.3 Å². The van der Waals surface area contributed by atoms with Crippen molar-refractivity contribution in [1.29, 1.82) is 0 Å². The molecule has 0 radical (unpaired) electrons. The fraction of sp³-hybridized carbons (Fsp3) is 0.364. The lowest BCUT2D eigenvalue weighted by Gasteiger charge is -2.16. The highest BCUT2D eigenvalue weighted by Crippen LogP contribution is 2.41. The molecule has 1 aromatic carbocycles. The van der Waals surface area contributed by atoms with E-state index in [1.165, 1.54) is 13.2 Å². The van der Waals surface area contributed by atoms with Crippen LogP contribution in [0.2, 0.25) is 5.02 Å². The molecule has 0 fully saturated rings. The van der Waals surface area contributed by atoms with Crippen molar-refractivity contribution in [3.05, 3.63) is 22.2 Å². The third kappa shape index (κ3) is 2.45. The molecule has 0 bridgehead atoms. The summed E-state index contributed by atoms with van der Waals surface area (Å²) in [6.45, 7) is 1.81. The van der Waals surface area contributed by atoms with Gasteiger partial charge in [0.15, 0.2) is 17.6 Å². The van der Waals surface area contributed by atoms with Crippen LogP contribution in [0, 0.1) is 0 Å². The smallest absolute Gasteiger partial charge is 0.337 e. The molecule has 0 heterocycles. The first-order valence-electron chi connectivity index (χ1n) is 4.93. The maximum atomic E-state index is 10.7. The van der Waals surface area contributed by atoms with E-state index in [9.17, 15) is 15.0 Å². The lowest BCUT2D eigenvalue weighted by atomic mass is 10.0. The van der Waals surface area contributed by atoms with Crippen molar-refractivity contribution in [2.75, 3.05) is 7.11 Å². The SMILES string of the molecule is CCc1cc(OC)c(O)c(C(O)C(=O)O)c1Cl. The van der Waals surface area contributed by atoms with E-state index in [2.05, 4.69) is 0 Å². The van der Waals surface area contributed by atoms with Gasteiger partial charge >= 0.3 is 5.97 Å². The molecule has 3 N–H and O–H groups in total. The van der Waals surface area contributed by atoms with Crippen molar-refractivity contribution in [2.24, 2.45) is 0 Å². The molecule has 0 aromatic heterocycles. The van der Waals surface area contributed by atoms with Crippen molar-refractivity contribution in [3.8, 4) is 11.5 Å². The summed E-state index contributed by atoms with van der Waals surface area (Å²) in [6, 6.07) is 1.51. The van der Waals surface area contributed by atoms with Gasteiger partial charge in [-0.15, -0.1) is 0 Å². The third-order valence-corrected chi connectivity index (χ3v) is 2.87. The standard InChI is InChI=1S/C11H13ClO5/c1-3-5-4-6(17-2)9(13)7(8(5)12)10(14)11(15)16/h4,10,13-14H,3H2,1-2H3,(H,15,16). The molecule has 1 rings (SSSR count). The Balaban J connectivity index is 3.50. The number of methoxy groups -OCH3 is 1. The minimum atomic E-state index is -1.89. The Bertz CT molecular complexity index is 416. The number of aliphatic carboxylic acids is 1. The lowest BCUT2D eigenvalue weighted by molar-refractivity contribution is -0.147. The zero-order valence-corrected chi connectivity index (χ0v) is 10.2. The van der Waals surface area contributed by atoms with E-state index in [1.807, 2.05) is 6.92 Å². The number of aryl methyl sites for hydroxylation is 1. The van der Waals surface area contributed by atoms with Gasteiger partial charge in [-0.05, 0) is 18.1 Å². The Morgan fingerprint density at radius 2 is 2.18 bits per heavy atom. The van der Waals surface area contributed by atoms with Crippen LogP contribution in [0.3, 0.4) is 0 Å². The normalized spacial score (nSPS) is 12.2. The molecule has 1 atom stereocenters. The molecule has 0 aliphatic rings. The van der Waals surface area contributed by atoms with E-state index in [0.717, 1.165) is 0 Å². The molecule has 1 unspecified atom stereocenters. The zero-order valence-electron chi connectivity index (χ0n) is 9.40. The third-order valence-electron chi connectivity index (χ3n) is 2.42. The van der Waals surface area contributed by atoms with Crippen LogP contribution < -0.4 is 4.74 Å². The summed E-state index contributed by atoms with van der Waals surface area (Å²) in [5.74, 6) is -1.86. The van der Waals surface area contributed by atoms with Gasteiger partial charge in [0.25, 0.3) is 0 Å². The number of carboxylic acid groups (broad SMARTS) is 1. The number of phenols is 1. The van der Waals surface area contributed by atoms with Gasteiger partial charge in [0, 0.05) is 0 Å².